The van der Waals surface area contributed by atoms with Crippen LogP contribution in [0.15, 0.2) is 60.0 Å². The molecule has 27 heavy (non-hydrogen) atoms. The Hall–Kier alpha value is -1.10. The van der Waals surface area contributed by atoms with Gasteiger partial charge in [-0.2, -0.15) is 0 Å². The van der Waals surface area contributed by atoms with Crippen LogP contribution in [0, 0.1) is 0 Å². The number of rotatable bonds is 5. The highest BCUT2D eigenvalue weighted by Gasteiger charge is 2.40. The van der Waals surface area contributed by atoms with Gasteiger partial charge in [-0.05, 0) is 58.3 Å². The summed E-state index contributed by atoms with van der Waals surface area (Å²) >= 11 is 0. The molecule has 2 nitrogen and oxygen atoms in total. The molecule has 0 amide bonds. The Morgan fingerprint density at radius 1 is 0.926 bits per heavy atom. The molecule has 3 rings (SSSR count). The fourth-order valence-electron chi connectivity index (χ4n) is 4.39. The van der Waals surface area contributed by atoms with Crippen molar-refractivity contribution < 1.29 is 0 Å². The van der Waals surface area contributed by atoms with E-state index in [1.807, 2.05) is 12.4 Å². The topological polar surface area (TPSA) is 31.6 Å². The van der Waals surface area contributed by atoms with E-state index in [1.165, 1.54) is 28.7 Å². The predicted octanol–water partition coefficient (Wildman–Crippen LogP) is 6.80. The van der Waals surface area contributed by atoms with Gasteiger partial charge in [0.2, 0.25) is 0 Å². The first-order valence-corrected chi connectivity index (χ1v) is 11.9. The van der Waals surface area contributed by atoms with Crippen molar-refractivity contribution in [2.24, 2.45) is 0 Å². The van der Waals surface area contributed by atoms with E-state index in [0.29, 0.717) is 10.3 Å². The molecule has 1 aliphatic rings. The zero-order valence-electron chi connectivity index (χ0n) is 17.6. The molecule has 2 N–H and O–H groups in total. The fourth-order valence-corrected chi connectivity index (χ4v) is 8.65. The van der Waals surface area contributed by atoms with Crippen LogP contribution in [0.2, 0.25) is 0 Å². The van der Waals surface area contributed by atoms with E-state index < -0.39 is 0 Å². The van der Waals surface area contributed by atoms with Crippen LogP contribution in [-0.2, 0) is 5.16 Å². The summed E-state index contributed by atoms with van der Waals surface area (Å²) < 4.78 is 0. The van der Waals surface area contributed by atoms with Gasteiger partial charge >= 0.3 is 0 Å². The van der Waals surface area contributed by atoms with Crippen molar-refractivity contribution >= 4 is 17.2 Å². The number of allylic oxidation sites excluding steroid dienone is 4. The van der Waals surface area contributed by atoms with Crippen molar-refractivity contribution in [3.63, 3.8) is 0 Å². The number of aromatic nitrogens is 2. The van der Waals surface area contributed by atoms with Gasteiger partial charge in [0.05, 0.1) is 5.16 Å². The van der Waals surface area contributed by atoms with Crippen LogP contribution in [0.4, 0.5) is 0 Å². The maximum Gasteiger partial charge on any atom is 0.0858 e. The lowest BCUT2D eigenvalue weighted by atomic mass is 9.88. The van der Waals surface area contributed by atoms with Crippen molar-refractivity contribution in [1.82, 2.24) is 9.97 Å². The zero-order chi connectivity index (χ0) is 19.9. The maximum absolute atomic E-state index is 3.48. The third-order valence-electron chi connectivity index (χ3n) is 5.50. The maximum atomic E-state index is 3.48. The first kappa shape index (κ1) is 20.6. The SMILES string of the molecule is CC(C)(C)P(CC1=C(C(P)(c2ccc[nH]2)c2ccc[nH]2)CC=C1)C(C)(C)C. The van der Waals surface area contributed by atoms with E-state index in [-0.39, 0.29) is 13.1 Å². The number of aromatic amines is 2. The quantitative estimate of drug-likeness (QED) is 0.518. The Labute approximate surface area is 168 Å². The molecule has 2 aromatic rings. The minimum absolute atomic E-state index is 0.181. The number of hydrogen-bond acceptors (Lipinski definition) is 0. The summed E-state index contributed by atoms with van der Waals surface area (Å²) in [6.45, 7) is 14.5. The summed E-state index contributed by atoms with van der Waals surface area (Å²) in [7, 11) is 2.98. The molecule has 0 aliphatic heterocycles. The number of H-pyrrole nitrogens is 2. The van der Waals surface area contributed by atoms with Crippen molar-refractivity contribution in [3.05, 3.63) is 71.3 Å². The highest BCUT2D eigenvalue weighted by atomic mass is 31.1. The van der Waals surface area contributed by atoms with E-state index in [1.54, 1.807) is 0 Å². The monoisotopic (exact) mass is 400 g/mol. The minimum Gasteiger partial charge on any atom is -0.364 e. The Morgan fingerprint density at radius 2 is 1.44 bits per heavy atom. The lowest BCUT2D eigenvalue weighted by molar-refractivity contribution is 0.705. The average molecular weight is 400 g/mol. The van der Waals surface area contributed by atoms with Crippen LogP contribution < -0.4 is 0 Å². The van der Waals surface area contributed by atoms with Crippen LogP contribution in [-0.4, -0.2) is 26.4 Å². The molecule has 4 heteroatoms. The summed E-state index contributed by atoms with van der Waals surface area (Å²) in [5.74, 6) is 0. The van der Waals surface area contributed by atoms with Crippen LogP contribution in [0.1, 0.15) is 59.4 Å². The third kappa shape index (κ3) is 4.03. The van der Waals surface area contributed by atoms with Crippen LogP contribution in [0.3, 0.4) is 0 Å². The molecule has 0 spiro atoms. The molecular formula is C23H34N2P2. The number of hydrogen-bond donors (Lipinski definition) is 2. The van der Waals surface area contributed by atoms with Gasteiger partial charge in [0.15, 0.2) is 0 Å². The first-order valence-electron chi connectivity index (χ1n) is 9.78. The van der Waals surface area contributed by atoms with Crippen molar-refractivity contribution in [2.45, 2.75) is 63.4 Å². The molecule has 1 atom stereocenters. The van der Waals surface area contributed by atoms with Crippen molar-refractivity contribution in [1.29, 1.82) is 0 Å². The van der Waals surface area contributed by atoms with Gasteiger partial charge in [-0.25, -0.2) is 0 Å². The van der Waals surface area contributed by atoms with Gasteiger partial charge in [-0.1, -0.05) is 61.6 Å². The zero-order valence-corrected chi connectivity index (χ0v) is 19.6. The van der Waals surface area contributed by atoms with E-state index in [2.05, 4.69) is 97.2 Å². The van der Waals surface area contributed by atoms with Crippen LogP contribution in [0.5, 0.6) is 0 Å². The van der Waals surface area contributed by atoms with Gasteiger partial charge in [-0.3, -0.25) is 0 Å². The highest BCUT2D eigenvalue weighted by Crippen LogP contribution is 2.61. The fraction of sp³-hybridized carbons (Fsp3) is 0.478. The minimum atomic E-state index is -0.234. The van der Waals surface area contributed by atoms with E-state index in [0.717, 1.165) is 6.42 Å². The molecule has 0 aromatic carbocycles. The van der Waals surface area contributed by atoms with Crippen molar-refractivity contribution in [3.8, 4) is 0 Å². The highest BCUT2D eigenvalue weighted by molar-refractivity contribution is 7.61. The Bertz CT molecular complexity index is 765. The standard InChI is InChI=1S/C23H34N2P2/c1-21(2,3)27(22(4,5)6)16-17-10-7-11-18(17)23(26,19-12-8-14-24-19)20-13-9-15-25-20/h7-10,12-15,24-25H,11,16,26H2,1-6H3. The van der Waals surface area contributed by atoms with Gasteiger partial charge in [-0.15, -0.1) is 9.24 Å². The Balaban J connectivity index is 2.10. The summed E-state index contributed by atoms with van der Waals surface area (Å²) in [4.78, 5) is 6.96. The van der Waals surface area contributed by atoms with E-state index in [9.17, 15) is 0 Å². The molecule has 0 saturated heterocycles. The second-order valence-electron chi connectivity index (χ2n) is 9.51. The molecule has 146 valence electrons. The summed E-state index contributed by atoms with van der Waals surface area (Å²) in [5, 5.41) is 0.414. The molecule has 0 radical (unpaired) electrons. The molecule has 0 saturated carbocycles. The smallest absolute Gasteiger partial charge is 0.0858 e. The molecule has 0 fully saturated rings. The average Bonchev–Trinajstić information content (AvgIpc) is 3.32. The lowest BCUT2D eigenvalue weighted by Crippen LogP contribution is -2.28. The molecule has 2 heterocycles. The molecule has 1 aliphatic carbocycles. The van der Waals surface area contributed by atoms with Crippen LogP contribution >= 0.6 is 17.2 Å². The molecule has 0 bridgehead atoms. The Kier molecular flexibility index (Phi) is 5.64. The summed E-state index contributed by atoms with van der Waals surface area (Å²) in [5.41, 5.74) is 5.47. The van der Waals surface area contributed by atoms with Crippen molar-refractivity contribution in [2.75, 3.05) is 6.16 Å². The van der Waals surface area contributed by atoms with Gasteiger partial charge in [0.1, 0.15) is 0 Å². The lowest BCUT2D eigenvalue weighted by Gasteiger charge is -2.42. The normalized spacial score (nSPS) is 16.0. The van der Waals surface area contributed by atoms with Crippen LogP contribution in [0.25, 0.3) is 0 Å². The second-order valence-corrected chi connectivity index (χ2v) is 14.2. The van der Waals surface area contributed by atoms with E-state index in [4.69, 9.17) is 0 Å². The third-order valence-corrected chi connectivity index (χ3v) is 10.4. The van der Waals surface area contributed by atoms with Gasteiger partial charge in [0, 0.05) is 23.8 Å². The van der Waals surface area contributed by atoms with E-state index >= 15 is 0 Å². The summed E-state index contributed by atoms with van der Waals surface area (Å²) in [6, 6.07) is 8.59. The predicted molar refractivity (Wildman–Crippen MR) is 124 cm³/mol. The Morgan fingerprint density at radius 3 is 1.85 bits per heavy atom. The molecule has 1 unspecified atom stereocenters. The molecule has 2 aromatic heterocycles. The number of nitrogens with one attached hydrogen (secondary N) is 2. The van der Waals surface area contributed by atoms with Gasteiger partial charge in [0.25, 0.3) is 0 Å². The summed E-state index contributed by atoms with van der Waals surface area (Å²) in [6.07, 6.45) is 11.0. The van der Waals surface area contributed by atoms with Gasteiger partial charge < -0.3 is 9.97 Å². The second kappa shape index (κ2) is 7.38. The molecular weight excluding hydrogens is 366 g/mol. The first-order chi connectivity index (χ1) is 12.5. The largest absolute Gasteiger partial charge is 0.364 e.